The standard InChI is InChI=1S/C19H15ClO3/c1-2-22-19(21)12-16(13-6-4-3-5-7-13)18-11-14-10-15(20)8-9-17(14)23-18/h3-12H,2H2,1H3. The van der Waals surface area contributed by atoms with Gasteiger partial charge in [0.05, 0.1) is 6.61 Å². The molecule has 0 atom stereocenters. The summed E-state index contributed by atoms with van der Waals surface area (Å²) in [5.41, 5.74) is 2.28. The van der Waals surface area contributed by atoms with E-state index in [4.69, 9.17) is 20.8 Å². The maximum Gasteiger partial charge on any atom is 0.331 e. The Balaban J connectivity index is 2.11. The van der Waals surface area contributed by atoms with Crippen molar-refractivity contribution in [2.45, 2.75) is 6.92 Å². The molecule has 0 unspecified atom stereocenters. The third kappa shape index (κ3) is 3.46. The second-order valence-electron chi connectivity index (χ2n) is 4.97. The SMILES string of the molecule is CCOC(=O)C=C(c1ccccc1)c1cc2cc(Cl)ccc2o1. The summed E-state index contributed by atoms with van der Waals surface area (Å²) >= 11 is 6.02. The van der Waals surface area contributed by atoms with Gasteiger partial charge in [-0.3, -0.25) is 0 Å². The minimum absolute atomic E-state index is 0.327. The van der Waals surface area contributed by atoms with E-state index in [1.807, 2.05) is 48.5 Å². The van der Waals surface area contributed by atoms with Crippen molar-refractivity contribution in [3.8, 4) is 0 Å². The van der Waals surface area contributed by atoms with Gasteiger partial charge in [-0.25, -0.2) is 4.79 Å². The van der Waals surface area contributed by atoms with Gasteiger partial charge in [0.15, 0.2) is 0 Å². The fraction of sp³-hybridized carbons (Fsp3) is 0.105. The molecule has 0 fully saturated rings. The van der Waals surface area contributed by atoms with Crippen LogP contribution in [0.3, 0.4) is 0 Å². The maximum atomic E-state index is 11.9. The predicted molar refractivity (Wildman–Crippen MR) is 91.4 cm³/mol. The monoisotopic (exact) mass is 326 g/mol. The molecule has 3 nitrogen and oxygen atoms in total. The highest BCUT2D eigenvalue weighted by Crippen LogP contribution is 2.30. The number of esters is 1. The van der Waals surface area contributed by atoms with Crippen molar-refractivity contribution < 1.29 is 13.9 Å². The van der Waals surface area contributed by atoms with Crippen LogP contribution in [0.15, 0.2) is 65.1 Å². The minimum atomic E-state index is -0.398. The van der Waals surface area contributed by atoms with Gasteiger partial charge in [-0.2, -0.15) is 0 Å². The first kappa shape index (κ1) is 15.4. The van der Waals surface area contributed by atoms with E-state index in [9.17, 15) is 4.79 Å². The lowest BCUT2D eigenvalue weighted by molar-refractivity contribution is -0.137. The Morgan fingerprint density at radius 1 is 1.17 bits per heavy atom. The van der Waals surface area contributed by atoms with Crippen molar-refractivity contribution in [3.05, 3.63) is 77.0 Å². The molecule has 23 heavy (non-hydrogen) atoms. The van der Waals surface area contributed by atoms with Crippen molar-refractivity contribution in [1.82, 2.24) is 0 Å². The summed E-state index contributed by atoms with van der Waals surface area (Å²) in [5, 5.41) is 1.53. The van der Waals surface area contributed by atoms with Crippen LogP contribution in [0.25, 0.3) is 16.5 Å². The number of hydrogen-bond donors (Lipinski definition) is 0. The van der Waals surface area contributed by atoms with E-state index in [2.05, 4.69) is 0 Å². The first-order chi connectivity index (χ1) is 11.2. The normalized spacial score (nSPS) is 11.7. The number of carbonyl (C=O) groups is 1. The summed E-state index contributed by atoms with van der Waals surface area (Å²) in [6, 6.07) is 16.9. The van der Waals surface area contributed by atoms with Crippen LogP contribution < -0.4 is 0 Å². The molecule has 0 spiro atoms. The molecule has 0 amide bonds. The van der Waals surface area contributed by atoms with E-state index in [1.54, 1.807) is 13.0 Å². The van der Waals surface area contributed by atoms with Crippen molar-refractivity contribution in [2.75, 3.05) is 6.61 Å². The number of ether oxygens (including phenoxy) is 1. The molecule has 1 heterocycles. The molecule has 0 bridgehead atoms. The lowest BCUT2D eigenvalue weighted by atomic mass is 10.0. The summed E-state index contributed by atoms with van der Waals surface area (Å²) < 4.78 is 10.9. The van der Waals surface area contributed by atoms with Crippen molar-refractivity contribution in [2.24, 2.45) is 0 Å². The zero-order valence-corrected chi connectivity index (χ0v) is 13.3. The number of rotatable bonds is 4. The number of hydrogen-bond acceptors (Lipinski definition) is 3. The smallest absolute Gasteiger partial charge is 0.331 e. The van der Waals surface area contributed by atoms with Crippen LogP contribution in [0.2, 0.25) is 5.02 Å². The fourth-order valence-corrected chi connectivity index (χ4v) is 2.54. The van der Waals surface area contributed by atoms with Gasteiger partial charge < -0.3 is 9.15 Å². The zero-order valence-electron chi connectivity index (χ0n) is 12.6. The van der Waals surface area contributed by atoms with E-state index >= 15 is 0 Å². The van der Waals surface area contributed by atoms with Gasteiger partial charge in [0.1, 0.15) is 11.3 Å². The van der Waals surface area contributed by atoms with Crippen molar-refractivity contribution in [1.29, 1.82) is 0 Å². The average molecular weight is 327 g/mol. The Kier molecular flexibility index (Phi) is 4.49. The molecule has 2 aromatic carbocycles. The molecule has 3 rings (SSSR count). The van der Waals surface area contributed by atoms with E-state index in [0.717, 1.165) is 16.5 Å². The van der Waals surface area contributed by atoms with Crippen LogP contribution in [-0.2, 0) is 9.53 Å². The molecule has 1 aromatic heterocycles. The van der Waals surface area contributed by atoms with E-state index in [-0.39, 0.29) is 0 Å². The van der Waals surface area contributed by atoms with Gasteiger partial charge in [-0.15, -0.1) is 0 Å². The Labute approximate surface area is 139 Å². The fourth-order valence-electron chi connectivity index (χ4n) is 2.36. The molecule has 0 N–H and O–H groups in total. The lowest BCUT2D eigenvalue weighted by Crippen LogP contribution is -2.01. The number of fused-ring (bicyclic) bond motifs is 1. The van der Waals surface area contributed by atoms with E-state index < -0.39 is 5.97 Å². The highest BCUT2D eigenvalue weighted by atomic mass is 35.5. The zero-order chi connectivity index (χ0) is 16.2. The molecule has 0 aliphatic carbocycles. The van der Waals surface area contributed by atoms with Crippen LogP contribution in [-0.4, -0.2) is 12.6 Å². The number of benzene rings is 2. The number of furan rings is 1. The Morgan fingerprint density at radius 3 is 2.70 bits per heavy atom. The molecule has 116 valence electrons. The molecule has 3 aromatic rings. The van der Waals surface area contributed by atoms with Crippen LogP contribution in [0, 0.1) is 0 Å². The molecule has 0 saturated heterocycles. The van der Waals surface area contributed by atoms with E-state index in [0.29, 0.717) is 23.0 Å². The molecule has 0 radical (unpaired) electrons. The first-order valence-corrected chi connectivity index (χ1v) is 7.68. The van der Waals surface area contributed by atoms with Crippen molar-refractivity contribution >= 4 is 34.1 Å². The lowest BCUT2D eigenvalue weighted by Gasteiger charge is -2.05. The van der Waals surface area contributed by atoms with Crippen LogP contribution >= 0.6 is 11.6 Å². The largest absolute Gasteiger partial charge is 0.463 e. The van der Waals surface area contributed by atoms with Crippen molar-refractivity contribution in [3.63, 3.8) is 0 Å². The highest BCUT2D eigenvalue weighted by molar-refractivity contribution is 6.31. The van der Waals surface area contributed by atoms with Gasteiger partial charge in [0.25, 0.3) is 0 Å². The molecule has 0 aliphatic rings. The molecular formula is C19H15ClO3. The van der Waals surface area contributed by atoms with Gasteiger partial charge in [-0.05, 0) is 36.8 Å². The number of halogens is 1. The van der Waals surface area contributed by atoms with Crippen LogP contribution in [0.4, 0.5) is 0 Å². The summed E-state index contributed by atoms with van der Waals surface area (Å²) in [5.74, 6) is 0.200. The second-order valence-corrected chi connectivity index (χ2v) is 5.41. The third-order valence-electron chi connectivity index (χ3n) is 3.38. The maximum absolute atomic E-state index is 11.9. The highest BCUT2D eigenvalue weighted by Gasteiger charge is 2.13. The summed E-state index contributed by atoms with van der Waals surface area (Å²) in [6.45, 7) is 2.10. The molecule has 4 heteroatoms. The molecule has 0 aliphatic heterocycles. The van der Waals surface area contributed by atoms with Gasteiger partial charge in [0, 0.05) is 22.1 Å². The molecular weight excluding hydrogens is 312 g/mol. The van der Waals surface area contributed by atoms with Gasteiger partial charge in [0.2, 0.25) is 0 Å². The van der Waals surface area contributed by atoms with Gasteiger partial charge >= 0.3 is 5.97 Å². The minimum Gasteiger partial charge on any atom is -0.463 e. The molecule has 0 saturated carbocycles. The third-order valence-corrected chi connectivity index (χ3v) is 3.61. The van der Waals surface area contributed by atoms with Crippen LogP contribution in [0.1, 0.15) is 18.2 Å². The second kappa shape index (κ2) is 6.71. The topological polar surface area (TPSA) is 39.4 Å². The summed E-state index contributed by atoms with van der Waals surface area (Å²) in [6.07, 6.45) is 1.46. The summed E-state index contributed by atoms with van der Waals surface area (Å²) in [4.78, 5) is 11.9. The number of carbonyl (C=O) groups excluding carboxylic acids is 1. The summed E-state index contributed by atoms with van der Waals surface area (Å²) in [7, 11) is 0. The Bertz CT molecular complexity index is 863. The quantitative estimate of drug-likeness (QED) is 0.495. The predicted octanol–water partition coefficient (Wildman–Crippen LogP) is 5.08. The Morgan fingerprint density at radius 2 is 1.96 bits per heavy atom. The first-order valence-electron chi connectivity index (χ1n) is 7.30. The van der Waals surface area contributed by atoms with Gasteiger partial charge in [-0.1, -0.05) is 41.9 Å². The van der Waals surface area contributed by atoms with E-state index in [1.165, 1.54) is 6.08 Å². The van der Waals surface area contributed by atoms with Crippen LogP contribution in [0.5, 0.6) is 0 Å². The Hall–Kier alpha value is -2.52. The average Bonchev–Trinajstić information content (AvgIpc) is 2.96.